The summed E-state index contributed by atoms with van der Waals surface area (Å²) in [6.07, 6.45) is 19.4. The maximum atomic E-state index is 9.84. The molecule has 1 aromatic heterocycles. The molecule has 58 heavy (non-hydrogen) atoms. The van der Waals surface area contributed by atoms with Crippen molar-refractivity contribution >= 4 is 63.8 Å². The van der Waals surface area contributed by atoms with Crippen LogP contribution in [0.25, 0.3) is 74.9 Å². The van der Waals surface area contributed by atoms with Gasteiger partial charge in [0, 0.05) is 33.8 Å². The minimum Gasteiger partial charge on any atom is -0.398 e. The van der Waals surface area contributed by atoms with Crippen LogP contribution in [0.3, 0.4) is 0 Å². The van der Waals surface area contributed by atoms with E-state index in [4.69, 9.17) is 5.73 Å². The van der Waals surface area contributed by atoms with E-state index in [2.05, 4.69) is 174 Å². The second kappa shape index (κ2) is 16.7. The standard InChI is InChI=1S/C55H51N3/c1-9-18-40-26-30-50(55(57)35(40)5)54-46(29-27-41-21-16-17-24-47(41)54)38(8)53-37(7)43(19-10-2)44(36(6)45(53)20-11-3)31-32-48-49-28-25-39(34-56)33-52(49)58(51(48)12-4)42-22-14-13-15-23-42/h9-33,38H,4,57H2,1-3,5-8H3/b18-9-,19-10-,20-11-,32-31+. The zero-order chi connectivity index (χ0) is 41.1. The molecule has 1 atom stereocenters. The average molecular weight is 754 g/mol. The third-order valence-corrected chi connectivity index (χ3v) is 11.7. The molecule has 0 bridgehead atoms. The van der Waals surface area contributed by atoms with Crippen molar-refractivity contribution < 1.29 is 0 Å². The molecule has 286 valence electrons. The Kier molecular flexibility index (Phi) is 11.3. The number of para-hydroxylation sites is 1. The molecule has 2 N–H and O–H groups in total. The molecule has 6 aromatic carbocycles. The SMILES string of the molecule is C=Cc1c(/C=C/c2c(C)c(/C=C\C)c(C(C)c3ccc4ccccc4c3-c3ccc(/C=C\C)c(C)c3N)c(C)c2/C=C\C)c2ccc(C#N)cc2n1-c1ccccc1. The van der Waals surface area contributed by atoms with E-state index in [1.807, 2.05) is 43.3 Å². The number of benzene rings is 6. The van der Waals surface area contributed by atoms with Gasteiger partial charge in [-0.05, 0) is 138 Å². The molecule has 0 saturated carbocycles. The number of hydrogen-bond acceptors (Lipinski definition) is 2. The van der Waals surface area contributed by atoms with Gasteiger partial charge in [0.25, 0.3) is 0 Å². The van der Waals surface area contributed by atoms with Gasteiger partial charge in [-0.2, -0.15) is 5.26 Å². The van der Waals surface area contributed by atoms with E-state index in [1.54, 1.807) is 0 Å². The zero-order valence-corrected chi connectivity index (χ0v) is 34.7. The van der Waals surface area contributed by atoms with Gasteiger partial charge in [-0.3, -0.25) is 0 Å². The fourth-order valence-electron chi connectivity index (χ4n) is 8.86. The molecule has 0 radical (unpaired) electrons. The van der Waals surface area contributed by atoms with Crippen LogP contribution in [-0.2, 0) is 0 Å². The number of hydrogen-bond donors (Lipinski definition) is 1. The number of anilines is 1. The lowest BCUT2D eigenvalue weighted by molar-refractivity contribution is 0.906. The normalized spacial score (nSPS) is 12.5. The molecule has 0 aliphatic heterocycles. The van der Waals surface area contributed by atoms with Crippen LogP contribution in [0.1, 0.15) is 101 Å². The van der Waals surface area contributed by atoms with Crippen molar-refractivity contribution in [2.24, 2.45) is 0 Å². The summed E-state index contributed by atoms with van der Waals surface area (Å²) in [6, 6.07) is 36.2. The molecule has 7 rings (SSSR count). The largest absolute Gasteiger partial charge is 0.398 e. The van der Waals surface area contributed by atoms with Gasteiger partial charge in [0.1, 0.15) is 0 Å². The predicted octanol–water partition coefficient (Wildman–Crippen LogP) is 14.9. The van der Waals surface area contributed by atoms with Gasteiger partial charge in [-0.25, -0.2) is 0 Å². The molecule has 3 heteroatoms. The van der Waals surface area contributed by atoms with Crippen LogP contribution in [0, 0.1) is 32.1 Å². The van der Waals surface area contributed by atoms with Crippen molar-refractivity contribution in [3.05, 3.63) is 189 Å². The summed E-state index contributed by atoms with van der Waals surface area (Å²) in [5, 5.41) is 13.3. The van der Waals surface area contributed by atoms with Gasteiger partial charge in [-0.15, -0.1) is 0 Å². The van der Waals surface area contributed by atoms with E-state index in [0.29, 0.717) is 5.56 Å². The van der Waals surface area contributed by atoms with Crippen LogP contribution in [0.2, 0.25) is 0 Å². The summed E-state index contributed by atoms with van der Waals surface area (Å²) in [6.45, 7) is 19.5. The van der Waals surface area contributed by atoms with Crippen molar-refractivity contribution in [2.75, 3.05) is 5.73 Å². The number of nitriles is 1. The number of allylic oxidation sites excluding steroid dienone is 3. The van der Waals surface area contributed by atoms with Crippen LogP contribution < -0.4 is 5.73 Å². The number of fused-ring (bicyclic) bond motifs is 2. The summed E-state index contributed by atoms with van der Waals surface area (Å²) < 4.78 is 2.20. The quantitative estimate of drug-likeness (QED) is 0.141. The average Bonchev–Trinajstić information content (AvgIpc) is 3.56. The lowest BCUT2D eigenvalue weighted by Gasteiger charge is -2.27. The first-order chi connectivity index (χ1) is 28.2. The topological polar surface area (TPSA) is 54.7 Å². The van der Waals surface area contributed by atoms with Crippen molar-refractivity contribution in [3.63, 3.8) is 0 Å². The summed E-state index contributed by atoms with van der Waals surface area (Å²) in [4.78, 5) is 0. The number of nitrogen functional groups attached to an aromatic ring is 1. The van der Waals surface area contributed by atoms with Crippen LogP contribution in [0.15, 0.2) is 122 Å². The predicted molar refractivity (Wildman–Crippen MR) is 253 cm³/mol. The lowest BCUT2D eigenvalue weighted by Crippen LogP contribution is -2.09. The molecule has 0 amide bonds. The molecular weight excluding hydrogens is 703 g/mol. The van der Waals surface area contributed by atoms with E-state index in [0.717, 1.165) is 50.2 Å². The molecular formula is C55H51N3. The third kappa shape index (κ3) is 6.82. The van der Waals surface area contributed by atoms with Crippen molar-refractivity contribution in [1.29, 1.82) is 5.26 Å². The third-order valence-electron chi connectivity index (χ3n) is 11.7. The van der Waals surface area contributed by atoms with Crippen LogP contribution in [0.4, 0.5) is 5.69 Å². The summed E-state index contributed by atoms with van der Waals surface area (Å²) >= 11 is 0. The Morgan fingerprint density at radius 1 is 0.672 bits per heavy atom. The minimum atomic E-state index is 0.0343. The Hall–Kier alpha value is -6.89. The van der Waals surface area contributed by atoms with Gasteiger partial charge in [0.05, 0.1) is 22.8 Å². The smallest absolute Gasteiger partial charge is 0.0992 e. The van der Waals surface area contributed by atoms with E-state index in [-0.39, 0.29) is 5.92 Å². The highest BCUT2D eigenvalue weighted by Crippen LogP contribution is 2.45. The number of rotatable bonds is 10. The number of aromatic nitrogens is 1. The summed E-state index contributed by atoms with van der Waals surface area (Å²) in [5.74, 6) is 0.0343. The fraction of sp³-hybridized carbons (Fsp3) is 0.145. The monoisotopic (exact) mass is 753 g/mol. The first kappa shape index (κ1) is 39.3. The Morgan fingerprint density at radius 3 is 2.05 bits per heavy atom. The molecule has 0 aliphatic rings. The van der Waals surface area contributed by atoms with E-state index in [9.17, 15) is 5.26 Å². The maximum absolute atomic E-state index is 9.84. The second-order valence-corrected chi connectivity index (χ2v) is 15.0. The fourth-order valence-corrected chi connectivity index (χ4v) is 8.86. The highest BCUT2D eigenvalue weighted by Gasteiger charge is 2.25. The van der Waals surface area contributed by atoms with Crippen molar-refractivity contribution in [2.45, 2.75) is 54.4 Å². The van der Waals surface area contributed by atoms with Crippen molar-refractivity contribution in [3.8, 4) is 22.9 Å². The highest BCUT2D eigenvalue weighted by molar-refractivity contribution is 6.03. The number of nitrogens with zero attached hydrogens (tertiary/aromatic N) is 2. The Morgan fingerprint density at radius 2 is 1.34 bits per heavy atom. The molecule has 1 unspecified atom stereocenters. The Labute approximate surface area is 344 Å². The van der Waals surface area contributed by atoms with E-state index >= 15 is 0 Å². The molecule has 0 aliphatic carbocycles. The first-order valence-electron chi connectivity index (χ1n) is 20.1. The zero-order valence-electron chi connectivity index (χ0n) is 34.7. The number of nitrogens with two attached hydrogens (primary N) is 1. The molecule has 1 heterocycles. The van der Waals surface area contributed by atoms with E-state index in [1.165, 1.54) is 55.3 Å². The van der Waals surface area contributed by atoms with Gasteiger partial charge in [0.15, 0.2) is 0 Å². The maximum Gasteiger partial charge on any atom is 0.0992 e. The van der Waals surface area contributed by atoms with Gasteiger partial charge in [-0.1, -0.05) is 135 Å². The minimum absolute atomic E-state index is 0.0343. The molecule has 3 nitrogen and oxygen atoms in total. The molecule has 0 fully saturated rings. The van der Waals surface area contributed by atoms with Crippen molar-refractivity contribution in [1.82, 2.24) is 4.57 Å². The highest BCUT2D eigenvalue weighted by atomic mass is 15.0. The van der Waals surface area contributed by atoms with Gasteiger partial charge >= 0.3 is 0 Å². The summed E-state index contributed by atoms with van der Waals surface area (Å²) in [7, 11) is 0. The van der Waals surface area contributed by atoms with E-state index < -0.39 is 0 Å². The molecule has 0 spiro atoms. The van der Waals surface area contributed by atoms with Crippen LogP contribution in [0.5, 0.6) is 0 Å². The van der Waals surface area contributed by atoms with Crippen LogP contribution in [-0.4, -0.2) is 4.57 Å². The second-order valence-electron chi connectivity index (χ2n) is 15.0. The summed E-state index contributed by atoms with van der Waals surface area (Å²) in [5.41, 5.74) is 25.6. The first-order valence-corrected chi connectivity index (χ1v) is 20.1. The lowest BCUT2D eigenvalue weighted by atomic mass is 9.77. The molecule has 7 aromatic rings. The van der Waals surface area contributed by atoms with Gasteiger partial charge < -0.3 is 10.3 Å². The van der Waals surface area contributed by atoms with Gasteiger partial charge in [0.2, 0.25) is 0 Å². The Balaban J connectivity index is 1.47. The van der Waals surface area contributed by atoms with Crippen LogP contribution >= 0.6 is 0 Å². The Bertz CT molecular complexity index is 2880. The molecule has 0 saturated heterocycles.